The molecule has 0 heterocycles. The topological polar surface area (TPSA) is 77.5 Å². The number of carbonyl (C=O) groups excluding carboxylic acids is 4. The molecule has 0 fully saturated rings. The maximum absolute atomic E-state index is 9.59. The van der Waals surface area contributed by atoms with Crippen molar-refractivity contribution in [3.8, 4) is 0 Å². The molecule has 0 aliphatic carbocycles. The van der Waals surface area contributed by atoms with E-state index in [0.29, 0.717) is 0 Å². The second-order valence-electron chi connectivity index (χ2n) is 4.42. The number of rotatable bonds is 1. The molecule has 0 aliphatic heterocycles. The zero-order valence-electron chi connectivity index (χ0n) is 27.5. The summed E-state index contributed by atoms with van der Waals surface area (Å²) in [6, 6.07) is 0. The van der Waals surface area contributed by atoms with Gasteiger partial charge in [0.1, 0.15) is 17.3 Å². The van der Waals surface area contributed by atoms with Crippen molar-refractivity contribution < 1.29 is 23.9 Å². The fourth-order valence-electron chi connectivity index (χ4n) is 0. The van der Waals surface area contributed by atoms with E-state index in [9.17, 15) is 19.2 Å². The Hall–Kier alpha value is -1.52. The lowest BCUT2D eigenvalue weighted by Gasteiger charge is -1.80. The zero-order valence-corrected chi connectivity index (χ0v) is 27.5. The van der Waals surface area contributed by atoms with E-state index < -0.39 is 0 Å². The number of unbranched alkanes of at least 4 members (excludes halogenated alkanes) is 1. The maximum Gasteiger partial charge on any atom is 0.302 e. The highest BCUT2D eigenvalue weighted by Gasteiger charge is 1.75. The number of ketones is 3. The fraction of sp³-hybridized carbons (Fsp3) is 0.857. The van der Waals surface area contributed by atoms with Crippen LogP contribution in [0, 0.1) is 0 Å². The van der Waals surface area contributed by atoms with E-state index in [4.69, 9.17) is 0 Å². The Morgan fingerprint density at radius 2 is 0.485 bits per heavy atom. The number of Topliss-reactive ketones (excluding diaryl/α,β-unsaturated/α-hetero) is 3. The first kappa shape index (κ1) is 69.7. The molecule has 0 aromatic rings. The van der Waals surface area contributed by atoms with Crippen LogP contribution in [-0.4, -0.2) is 30.4 Å². The third-order valence-corrected chi connectivity index (χ3v) is 0.787. The van der Waals surface area contributed by atoms with Crippen LogP contribution in [0.3, 0.4) is 0 Å². The van der Waals surface area contributed by atoms with Crippen molar-refractivity contribution in [2.75, 3.05) is 7.11 Å². The van der Waals surface area contributed by atoms with Gasteiger partial charge < -0.3 is 19.1 Å². The maximum atomic E-state index is 9.59. The van der Waals surface area contributed by atoms with Gasteiger partial charge in [0, 0.05) is 6.92 Å². The molecule has 0 N–H and O–H groups in total. The third kappa shape index (κ3) is 11300. The molecule has 33 heavy (non-hydrogen) atoms. The van der Waals surface area contributed by atoms with Crippen LogP contribution in [0.4, 0.5) is 0 Å². The average Bonchev–Trinajstić information content (AvgIpc) is 2.81. The van der Waals surface area contributed by atoms with Crippen LogP contribution in [-0.2, 0) is 23.9 Å². The van der Waals surface area contributed by atoms with Crippen molar-refractivity contribution in [3.63, 3.8) is 0 Å². The highest BCUT2D eigenvalue weighted by atomic mass is 16.5. The van der Waals surface area contributed by atoms with Gasteiger partial charge in [-0.15, -0.1) is 0 Å². The Bertz CT molecular complexity index is 218. The Morgan fingerprint density at radius 1 is 0.424 bits per heavy atom. The fourth-order valence-corrected chi connectivity index (χ4v) is 0. The second-order valence-corrected chi connectivity index (χ2v) is 4.42. The molecule has 0 aromatic heterocycles. The van der Waals surface area contributed by atoms with Crippen LogP contribution in [0.1, 0.15) is 158 Å². The average molecular weight is 487 g/mol. The minimum Gasteiger partial charge on any atom is -0.469 e. The molecule has 0 unspecified atom stereocenters. The summed E-state index contributed by atoms with van der Waals surface area (Å²) < 4.78 is 4.11. The minimum atomic E-state index is -0.245. The number of hydrogen-bond acceptors (Lipinski definition) is 5. The summed E-state index contributed by atoms with van der Waals surface area (Å²) >= 11 is 0. The second kappa shape index (κ2) is 146. The van der Waals surface area contributed by atoms with Crippen molar-refractivity contribution in [2.45, 2.75) is 158 Å². The molecule has 212 valence electrons. The molecule has 5 nitrogen and oxygen atoms in total. The van der Waals surface area contributed by atoms with Crippen LogP contribution in [0.2, 0.25) is 0 Å². The molecule has 5 heteroatoms. The number of methoxy groups -OCH3 is 1. The Morgan fingerprint density at radius 3 is 0.485 bits per heavy atom. The molecule has 0 amide bonds. The van der Waals surface area contributed by atoms with Gasteiger partial charge in [0.25, 0.3) is 0 Å². The molecule has 0 saturated carbocycles. The normalized spacial score (nSPS) is 5.39. The summed E-state index contributed by atoms with van der Waals surface area (Å²) in [5, 5.41) is 0. The van der Waals surface area contributed by atoms with Crippen LogP contribution in [0.5, 0.6) is 0 Å². The van der Waals surface area contributed by atoms with Gasteiger partial charge in [-0.2, -0.15) is 0 Å². The van der Waals surface area contributed by atoms with Gasteiger partial charge in [0.15, 0.2) is 0 Å². The van der Waals surface area contributed by atoms with Gasteiger partial charge in [0.05, 0.1) is 7.11 Å². The van der Waals surface area contributed by atoms with Crippen molar-refractivity contribution in [1.82, 2.24) is 0 Å². The predicted octanol–water partition coefficient (Wildman–Crippen LogP) is 9.93. The molecular weight excluding hydrogens is 416 g/mol. The number of hydrogen-bond donors (Lipinski definition) is 0. The smallest absolute Gasteiger partial charge is 0.302 e. The molecule has 0 atom stereocenters. The molecule has 0 spiro atoms. The van der Waals surface area contributed by atoms with E-state index in [1.807, 2.05) is 83.1 Å². The third-order valence-electron chi connectivity index (χ3n) is 0.787. The lowest BCUT2D eigenvalue weighted by Crippen LogP contribution is -1.88. The van der Waals surface area contributed by atoms with E-state index in [0.717, 1.165) is 0 Å². The van der Waals surface area contributed by atoms with Crippen molar-refractivity contribution in [3.05, 3.63) is 0 Å². The van der Waals surface area contributed by atoms with E-state index in [1.54, 1.807) is 0 Å². The first-order valence-corrected chi connectivity index (χ1v) is 12.8. The Balaban J connectivity index is -0.0000000183. The van der Waals surface area contributed by atoms with Gasteiger partial charge in [-0.25, -0.2) is 0 Å². The Kier molecular flexibility index (Phi) is 308. The molecule has 0 rings (SSSR count). The summed E-state index contributed by atoms with van der Waals surface area (Å²) in [5.74, 6) is 0.255. The summed E-state index contributed by atoms with van der Waals surface area (Å²) in [6.07, 6.45) is 2.64. The number of carbonyl (C=O) groups is 4. The van der Waals surface area contributed by atoms with Crippen LogP contribution >= 0.6 is 0 Å². The standard InChI is InChI=1S/C4H10.C3H6O2.3C3H6O.6C2H6/c1-3-4-2;1-3(4)5-2;3*1-3(2)4;6*1-2/h3-4H2,1-2H3;1-2H3;3*1-2H3;6*1-2H3. The van der Waals surface area contributed by atoms with Gasteiger partial charge in [0.2, 0.25) is 0 Å². The largest absolute Gasteiger partial charge is 0.469 e. The quantitative estimate of drug-likeness (QED) is 0.344. The van der Waals surface area contributed by atoms with Gasteiger partial charge in [-0.05, 0) is 41.5 Å². The van der Waals surface area contributed by atoms with Crippen LogP contribution in [0.25, 0.3) is 0 Å². The van der Waals surface area contributed by atoms with Crippen LogP contribution in [0.15, 0.2) is 0 Å². The van der Waals surface area contributed by atoms with Crippen LogP contribution < -0.4 is 0 Å². The van der Waals surface area contributed by atoms with Gasteiger partial charge in [-0.1, -0.05) is 110 Å². The lowest BCUT2D eigenvalue weighted by atomic mass is 10.4. The molecule has 0 aromatic carbocycles. The first-order valence-electron chi connectivity index (χ1n) is 12.8. The number of esters is 1. The molecule has 0 radical (unpaired) electrons. The highest BCUT2D eigenvalue weighted by molar-refractivity contribution is 5.72. The minimum absolute atomic E-state index is 0.167. The highest BCUT2D eigenvalue weighted by Crippen LogP contribution is 1.76. The SMILES string of the molecule is CC.CC.CC.CC.CC.CC.CC(C)=O.CC(C)=O.CC(C)=O.CCCC.COC(C)=O. The van der Waals surface area contributed by atoms with E-state index in [1.165, 1.54) is 68.4 Å². The van der Waals surface area contributed by atoms with Gasteiger partial charge >= 0.3 is 5.97 Å². The lowest BCUT2D eigenvalue weighted by molar-refractivity contribution is -0.138. The molecular formula is C28H70O5. The van der Waals surface area contributed by atoms with E-state index in [-0.39, 0.29) is 23.3 Å². The summed E-state index contributed by atoms with van der Waals surface area (Å²) in [4.78, 5) is 37.9. The molecule has 0 saturated heterocycles. The van der Waals surface area contributed by atoms with Crippen molar-refractivity contribution in [1.29, 1.82) is 0 Å². The van der Waals surface area contributed by atoms with Gasteiger partial charge in [-0.3, -0.25) is 4.79 Å². The summed E-state index contributed by atoms with van der Waals surface area (Å²) in [6.45, 7) is 38.9. The predicted molar refractivity (Wildman–Crippen MR) is 155 cm³/mol. The van der Waals surface area contributed by atoms with E-state index >= 15 is 0 Å². The molecule has 0 aliphatic rings. The summed E-state index contributed by atoms with van der Waals surface area (Å²) in [7, 11) is 1.35. The van der Waals surface area contributed by atoms with Crippen molar-refractivity contribution in [2.24, 2.45) is 0 Å². The van der Waals surface area contributed by atoms with E-state index in [2.05, 4.69) is 18.6 Å². The Labute approximate surface area is 212 Å². The first-order chi connectivity index (χ1) is 15.4. The zero-order chi connectivity index (χ0) is 30.4. The molecule has 0 bridgehead atoms. The number of ether oxygens (including phenoxy) is 1. The monoisotopic (exact) mass is 487 g/mol. The van der Waals surface area contributed by atoms with Crippen molar-refractivity contribution >= 4 is 23.3 Å². The summed E-state index contributed by atoms with van der Waals surface area (Å²) in [5.41, 5.74) is 0.